The molecule has 0 spiro atoms. The van der Waals surface area contributed by atoms with E-state index in [1.54, 1.807) is 0 Å². The van der Waals surface area contributed by atoms with E-state index in [0.29, 0.717) is 0 Å². The number of H-pyrrole nitrogens is 1. The van der Waals surface area contributed by atoms with Gasteiger partial charge in [-0.1, -0.05) is 146 Å². The van der Waals surface area contributed by atoms with Gasteiger partial charge < -0.3 is 18.7 Å². The summed E-state index contributed by atoms with van der Waals surface area (Å²) in [7, 11) is 0. The smallest absolute Gasteiger partial charge is 0.145 e. The number of para-hydroxylation sites is 3. The Bertz CT molecular complexity index is 3870. The van der Waals surface area contributed by atoms with Crippen LogP contribution in [0.2, 0.25) is 0 Å². The first-order valence-corrected chi connectivity index (χ1v) is 21.1. The van der Waals surface area contributed by atoms with Gasteiger partial charge in [-0.15, -0.1) is 0 Å². The van der Waals surface area contributed by atoms with Crippen LogP contribution in [0.5, 0.6) is 0 Å². The maximum Gasteiger partial charge on any atom is 0.145 e. The SMILES string of the molecule is c1ccc(-c2cc(-c3cc4c5ccccc5oc4c4c3[nH]c3ccccc34)ccc2N(c2ccc(-c3cccc4ccccc34)cc2)c2ccc3c(c2)oc2ccccc23)cc1. The molecule has 0 atom stereocenters. The van der Waals surface area contributed by atoms with Gasteiger partial charge in [0.05, 0.1) is 16.6 Å². The van der Waals surface area contributed by atoms with E-state index < -0.39 is 0 Å². The molecular weight excluding hydrogens is 757 g/mol. The highest BCUT2D eigenvalue weighted by molar-refractivity contribution is 6.26. The summed E-state index contributed by atoms with van der Waals surface area (Å²) in [5, 5.41) is 9.13. The summed E-state index contributed by atoms with van der Waals surface area (Å²) in [5.41, 5.74) is 15.6. The normalized spacial score (nSPS) is 11.9. The molecule has 10 aromatic carbocycles. The number of hydrogen-bond donors (Lipinski definition) is 1. The van der Waals surface area contributed by atoms with Crippen molar-refractivity contribution in [3.8, 4) is 33.4 Å². The molecule has 0 saturated carbocycles. The molecule has 0 amide bonds. The van der Waals surface area contributed by atoms with E-state index in [-0.39, 0.29) is 0 Å². The standard InChI is InChI=1S/C58H36N2O2/c1-2-13-37(14-3-1)48-33-39(49-35-50-45-19-8-11-24-54(45)62-58(50)56-47-20-6-9-22-51(47)59-57(49)56)27-32-52(48)60(41-30-31-46-44-18-7-10-23-53(44)61-55(46)34-41)40-28-25-38(26-29-40)43-21-12-16-36-15-4-5-17-42(36)43/h1-35,59H. The molecule has 0 aliphatic rings. The molecule has 290 valence electrons. The molecule has 13 aromatic rings. The third-order valence-electron chi connectivity index (χ3n) is 12.6. The molecule has 0 fully saturated rings. The number of nitrogens with zero attached hydrogens (tertiary/aromatic N) is 1. The van der Waals surface area contributed by atoms with Gasteiger partial charge in [-0.05, 0) is 93.7 Å². The number of fused-ring (bicyclic) bond motifs is 11. The third kappa shape index (κ3) is 5.33. The van der Waals surface area contributed by atoms with Gasteiger partial charge in [-0.25, -0.2) is 0 Å². The van der Waals surface area contributed by atoms with Crippen molar-refractivity contribution < 1.29 is 8.83 Å². The minimum atomic E-state index is 0.848. The molecule has 62 heavy (non-hydrogen) atoms. The van der Waals surface area contributed by atoms with E-state index in [1.807, 2.05) is 18.2 Å². The topological polar surface area (TPSA) is 45.3 Å². The van der Waals surface area contributed by atoms with Crippen molar-refractivity contribution in [1.82, 2.24) is 4.98 Å². The molecule has 0 unspecified atom stereocenters. The van der Waals surface area contributed by atoms with Crippen molar-refractivity contribution in [2.45, 2.75) is 0 Å². The molecular formula is C58H36N2O2. The Morgan fingerprint density at radius 2 is 0.984 bits per heavy atom. The Morgan fingerprint density at radius 1 is 0.355 bits per heavy atom. The fourth-order valence-corrected chi connectivity index (χ4v) is 9.71. The van der Waals surface area contributed by atoms with Crippen molar-refractivity contribution in [3.05, 3.63) is 212 Å². The summed E-state index contributed by atoms with van der Waals surface area (Å²) in [4.78, 5) is 6.18. The minimum absolute atomic E-state index is 0.848. The highest BCUT2D eigenvalue weighted by Crippen LogP contribution is 2.47. The fraction of sp³-hybridized carbons (Fsp3) is 0. The second-order valence-corrected chi connectivity index (χ2v) is 16.1. The summed E-state index contributed by atoms with van der Waals surface area (Å²) < 4.78 is 13.1. The lowest BCUT2D eigenvalue weighted by Gasteiger charge is -2.28. The summed E-state index contributed by atoms with van der Waals surface area (Å²) in [6.45, 7) is 0. The Labute approximate surface area is 356 Å². The molecule has 0 bridgehead atoms. The van der Waals surface area contributed by atoms with Gasteiger partial charge >= 0.3 is 0 Å². The van der Waals surface area contributed by atoms with Gasteiger partial charge in [0, 0.05) is 61.0 Å². The van der Waals surface area contributed by atoms with Crippen LogP contribution >= 0.6 is 0 Å². The summed E-state index contributed by atoms with van der Waals surface area (Å²) in [6, 6.07) is 75.8. The van der Waals surface area contributed by atoms with Crippen molar-refractivity contribution in [2.24, 2.45) is 0 Å². The summed E-state index contributed by atoms with van der Waals surface area (Å²) in [5.74, 6) is 0. The molecule has 0 aliphatic carbocycles. The van der Waals surface area contributed by atoms with Gasteiger partial charge in [-0.3, -0.25) is 0 Å². The quantitative estimate of drug-likeness (QED) is 0.182. The molecule has 1 N–H and O–H groups in total. The zero-order valence-corrected chi connectivity index (χ0v) is 33.5. The lowest BCUT2D eigenvalue weighted by molar-refractivity contribution is 0.669. The highest BCUT2D eigenvalue weighted by Gasteiger charge is 2.23. The molecule has 4 heteroatoms. The zero-order chi connectivity index (χ0) is 40.7. The zero-order valence-electron chi connectivity index (χ0n) is 33.5. The van der Waals surface area contributed by atoms with Crippen LogP contribution in [0.1, 0.15) is 0 Å². The number of hydrogen-bond acceptors (Lipinski definition) is 3. The number of aromatic nitrogens is 1. The Morgan fingerprint density at radius 3 is 1.82 bits per heavy atom. The van der Waals surface area contributed by atoms with Crippen molar-refractivity contribution in [2.75, 3.05) is 4.90 Å². The van der Waals surface area contributed by atoms with Crippen LogP contribution in [0, 0.1) is 0 Å². The van der Waals surface area contributed by atoms with E-state index in [4.69, 9.17) is 8.83 Å². The number of benzene rings is 10. The number of aromatic amines is 1. The summed E-state index contributed by atoms with van der Waals surface area (Å²) in [6.07, 6.45) is 0. The van der Waals surface area contributed by atoms with Crippen LogP contribution in [0.15, 0.2) is 221 Å². The number of rotatable bonds is 6. The monoisotopic (exact) mass is 792 g/mol. The number of nitrogens with one attached hydrogen (secondary N) is 1. The van der Waals surface area contributed by atoms with Gasteiger partial charge in [0.15, 0.2) is 0 Å². The molecule has 3 aromatic heterocycles. The van der Waals surface area contributed by atoms with Gasteiger partial charge in [0.2, 0.25) is 0 Å². The maximum atomic E-state index is 6.64. The van der Waals surface area contributed by atoms with E-state index in [2.05, 4.69) is 204 Å². The van der Waals surface area contributed by atoms with Crippen molar-refractivity contribution in [3.63, 3.8) is 0 Å². The van der Waals surface area contributed by atoms with Crippen molar-refractivity contribution >= 4 is 93.5 Å². The second-order valence-electron chi connectivity index (χ2n) is 16.1. The number of furan rings is 2. The van der Waals surface area contributed by atoms with Gasteiger partial charge in [0.25, 0.3) is 0 Å². The largest absolute Gasteiger partial charge is 0.456 e. The summed E-state index contributed by atoms with van der Waals surface area (Å²) >= 11 is 0. The van der Waals surface area contributed by atoms with Crippen LogP contribution in [-0.4, -0.2) is 4.98 Å². The van der Waals surface area contributed by atoms with Gasteiger partial charge in [-0.2, -0.15) is 0 Å². The lowest BCUT2D eigenvalue weighted by Crippen LogP contribution is -2.11. The molecule has 4 nitrogen and oxygen atoms in total. The Hall–Kier alpha value is -8.34. The van der Waals surface area contributed by atoms with Crippen molar-refractivity contribution in [1.29, 1.82) is 0 Å². The first-order valence-electron chi connectivity index (χ1n) is 21.1. The van der Waals surface area contributed by atoms with Gasteiger partial charge in [0.1, 0.15) is 22.3 Å². The highest BCUT2D eigenvalue weighted by atomic mass is 16.3. The minimum Gasteiger partial charge on any atom is -0.456 e. The predicted molar refractivity (Wildman–Crippen MR) is 259 cm³/mol. The molecule has 3 heterocycles. The molecule has 0 saturated heterocycles. The fourth-order valence-electron chi connectivity index (χ4n) is 9.71. The van der Waals surface area contributed by atoms with Crippen LogP contribution < -0.4 is 4.90 Å². The predicted octanol–water partition coefficient (Wildman–Crippen LogP) is 16.7. The first-order chi connectivity index (χ1) is 30.7. The van der Waals surface area contributed by atoms with E-state index >= 15 is 0 Å². The second kappa shape index (κ2) is 13.6. The average Bonchev–Trinajstić information content (AvgIpc) is 4.03. The van der Waals surface area contributed by atoms with E-state index in [1.165, 1.54) is 21.9 Å². The van der Waals surface area contributed by atoms with Crippen LogP contribution in [-0.2, 0) is 0 Å². The first kappa shape index (κ1) is 34.5. The molecule has 0 radical (unpaired) electrons. The van der Waals surface area contributed by atoms with Crippen LogP contribution in [0.4, 0.5) is 17.1 Å². The molecule has 13 rings (SSSR count). The van der Waals surface area contributed by atoms with E-state index in [0.717, 1.165) is 105 Å². The third-order valence-corrected chi connectivity index (χ3v) is 12.6. The van der Waals surface area contributed by atoms with Crippen LogP contribution in [0.3, 0.4) is 0 Å². The number of anilines is 3. The Kier molecular flexibility index (Phi) is 7.57. The van der Waals surface area contributed by atoms with Crippen LogP contribution in [0.25, 0.3) is 110 Å². The maximum absolute atomic E-state index is 6.64. The van der Waals surface area contributed by atoms with E-state index in [9.17, 15) is 0 Å². The molecule has 0 aliphatic heterocycles. The average molecular weight is 793 g/mol. The Balaban J connectivity index is 1.05. The lowest BCUT2D eigenvalue weighted by atomic mass is 9.93.